The molecule has 1 aromatic carbocycles. The lowest BCUT2D eigenvalue weighted by Gasteiger charge is -2.09. The average molecular weight is 308 g/mol. The second-order valence-electron chi connectivity index (χ2n) is 5.29. The fraction of sp³-hybridized carbons (Fsp3) is 0.267. The van der Waals surface area contributed by atoms with Gasteiger partial charge in [-0.15, -0.1) is 0 Å². The highest BCUT2D eigenvalue weighted by atomic mass is 19.4. The van der Waals surface area contributed by atoms with Crippen LogP contribution in [0.2, 0.25) is 0 Å². The second kappa shape index (κ2) is 4.53. The van der Waals surface area contributed by atoms with Gasteiger partial charge in [-0.05, 0) is 19.1 Å². The zero-order chi connectivity index (χ0) is 16.2. The van der Waals surface area contributed by atoms with Crippen LogP contribution in [-0.2, 0) is 20.3 Å². The van der Waals surface area contributed by atoms with Crippen molar-refractivity contribution in [1.82, 2.24) is 14.3 Å². The number of nitrogen functional groups attached to an aromatic ring is 1. The predicted octanol–water partition coefficient (Wildman–Crippen LogP) is 3.49. The number of anilines is 1. The fourth-order valence-corrected chi connectivity index (χ4v) is 2.77. The maximum atomic E-state index is 13.4. The van der Waals surface area contributed by atoms with Crippen LogP contribution in [0.5, 0.6) is 0 Å². The van der Waals surface area contributed by atoms with Gasteiger partial charge in [0.25, 0.3) is 0 Å². The second-order valence-corrected chi connectivity index (χ2v) is 5.29. The molecule has 22 heavy (non-hydrogen) atoms. The van der Waals surface area contributed by atoms with E-state index in [2.05, 4.69) is 5.10 Å². The molecule has 0 aliphatic carbocycles. The Bertz CT molecular complexity index is 852. The van der Waals surface area contributed by atoms with Crippen LogP contribution in [0.15, 0.2) is 24.3 Å². The van der Waals surface area contributed by atoms with Crippen LogP contribution < -0.4 is 5.73 Å². The number of hydrogen-bond donors (Lipinski definition) is 1. The lowest BCUT2D eigenvalue weighted by molar-refractivity contribution is -0.136. The van der Waals surface area contributed by atoms with Crippen LogP contribution in [0, 0.1) is 6.92 Å². The molecule has 4 nitrogen and oxygen atoms in total. The van der Waals surface area contributed by atoms with Gasteiger partial charge in [0.15, 0.2) is 0 Å². The number of nitrogens with zero attached hydrogens (tertiary/aromatic N) is 3. The molecule has 0 spiro atoms. The molecule has 0 aliphatic rings. The van der Waals surface area contributed by atoms with E-state index in [0.29, 0.717) is 28.3 Å². The first-order chi connectivity index (χ1) is 10.2. The van der Waals surface area contributed by atoms with Crippen molar-refractivity contribution < 1.29 is 13.2 Å². The van der Waals surface area contributed by atoms with Gasteiger partial charge in [-0.1, -0.05) is 6.07 Å². The minimum absolute atomic E-state index is 0.160. The molecule has 0 unspecified atom stereocenters. The molecule has 3 aromatic rings. The van der Waals surface area contributed by atoms with Crippen LogP contribution in [0.4, 0.5) is 19.0 Å². The van der Waals surface area contributed by atoms with Crippen molar-refractivity contribution in [3.8, 4) is 11.3 Å². The summed E-state index contributed by atoms with van der Waals surface area (Å²) in [5.41, 5.74) is 7.26. The number of aryl methyl sites for hydroxylation is 2. The van der Waals surface area contributed by atoms with Gasteiger partial charge in [0, 0.05) is 42.3 Å². The first-order valence-corrected chi connectivity index (χ1v) is 6.67. The number of rotatable bonds is 1. The van der Waals surface area contributed by atoms with E-state index in [1.54, 1.807) is 37.7 Å². The molecule has 0 aliphatic heterocycles. The maximum absolute atomic E-state index is 13.4. The summed E-state index contributed by atoms with van der Waals surface area (Å²) in [6, 6.07) is 5.78. The fourth-order valence-electron chi connectivity index (χ4n) is 2.77. The summed E-state index contributed by atoms with van der Waals surface area (Å²) in [7, 11) is 3.40. The van der Waals surface area contributed by atoms with E-state index in [9.17, 15) is 13.2 Å². The zero-order valence-electron chi connectivity index (χ0n) is 12.4. The van der Waals surface area contributed by atoms with Crippen LogP contribution in [0.25, 0.3) is 22.2 Å². The molecule has 116 valence electrons. The third kappa shape index (κ3) is 1.96. The summed E-state index contributed by atoms with van der Waals surface area (Å²) in [6.45, 7) is 1.78. The van der Waals surface area contributed by atoms with Gasteiger partial charge in [-0.2, -0.15) is 18.3 Å². The minimum atomic E-state index is -4.43. The first-order valence-electron chi connectivity index (χ1n) is 6.67. The summed E-state index contributed by atoms with van der Waals surface area (Å²) in [4.78, 5) is 0. The summed E-state index contributed by atoms with van der Waals surface area (Å²) in [5, 5.41) is 4.40. The van der Waals surface area contributed by atoms with Gasteiger partial charge >= 0.3 is 6.18 Å². The summed E-state index contributed by atoms with van der Waals surface area (Å²) < 4.78 is 43.3. The highest BCUT2D eigenvalue weighted by Crippen LogP contribution is 2.42. The van der Waals surface area contributed by atoms with E-state index in [1.807, 2.05) is 0 Å². The van der Waals surface area contributed by atoms with Crippen molar-refractivity contribution in [2.45, 2.75) is 13.1 Å². The highest BCUT2D eigenvalue weighted by Gasteiger charge is 2.35. The van der Waals surface area contributed by atoms with Crippen molar-refractivity contribution in [3.63, 3.8) is 0 Å². The molecule has 2 N–H and O–H groups in total. The molecule has 2 aromatic heterocycles. The van der Waals surface area contributed by atoms with E-state index in [4.69, 9.17) is 5.73 Å². The molecule has 0 bridgehead atoms. The largest absolute Gasteiger partial charge is 0.417 e. The molecule has 0 atom stereocenters. The van der Waals surface area contributed by atoms with Crippen LogP contribution in [0.1, 0.15) is 11.3 Å². The molecule has 3 rings (SSSR count). The van der Waals surface area contributed by atoms with Gasteiger partial charge in [0.05, 0.1) is 11.3 Å². The topological polar surface area (TPSA) is 48.8 Å². The van der Waals surface area contributed by atoms with Crippen LogP contribution in [0.3, 0.4) is 0 Å². The van der Waals surface area contributed by atoms with Crippen molar-refractivity contribution in [2.24, 2.45) is 14.1 Å². The number of hydrogen-bond acceptors (Lipinski definition) is 2. The first kappa shape index (κ1) is 14.5. The molecule has 0 radical (unpaired) electrons. The monoisotopic (exact) mass is 308 g/mol. The van der Waals surface area contributed by atoms with Gasteiger partial charge in [-0.3, -0.25) is 4.68 Å². The molecule has 0 saturated heterocycles. The maximum Gasteiger partial charge on any atom is 0.417 e. The van der Waals surface area contributed by atoms with E-state index in [1.165, 1.54) is 10.7 Å². The number of alkyl halides is 3. The van der Waals surface area contributed by atoms with Crippen molar-refractivity contribution >= 4 is 16.7 Å². The van der Waals surface area contributed by atoms with E-state index < -0.39 is 11.7 Å². The molecule has 7 heteroatoms. The molecule has 0 amide bonds. The Balaban J connectivity index is 2.46. The molecular formula is C15H15F3N4. The lowest BCUT2D eigenvalue weighted by atomic mass is 10.0. The Hall–Kier alpha value is -2.44. The Morgan fingerprint density at radius 2 is 1.86 bits per heavy atom. The third-order valence-corrected chi connectivity index (χ3v) is 4.00. The third-order valence-electron chi connectivity index (χ3n) is 4.00. The number of aromatic nitrogens is 3. The van der Waals surface area contributed by atoms with E-state index in [0.717, 1.165) is 6.07 Å². The average Bonchev–Trinajstić information content (AvgIpc) is 2.88. The highest BCUT2D eigenvalue weighted by molar-refractivity contribution is 6.00. The predicted molar refractivity (Wildman–Crippen MR) is 79.3 cm³/mol. The van der Waals surface area contributed by atoms with E-state index >= 15 is 0 Å². The molecular weight excluding hydrogens is 293 g/mol. The quantitative estimate of drug-likeness (QED) is 0.748. The Morgan fingerprint density at radius 1 is 1.18 bits per heavy atom. The van der Waals surface area contributed by atoms with Gasteiger partial charge in [-0.25, -0.2) is 0 Å². The zero-order valence-corrected chi connectivity index (χ0v) is 12.4. The van der Waals surface area contributed by atoms with Crippen LogP contribution in [-0.4, -0.2) is 14.3 Å². The molecule has 0 saturated carbocycles. The number of benzene rings is 1. The SMILES string of the molecule is Cc1c(-c2cc(N)n(C)n2)c2c(C(F)(F)F)cccc2n1C. The number of nitrogens with two attached hydrogens (primary N) is 1. The summed E-state index contributed by atoms with van der Waals surface area (Å²) >= 11 is 0. The standard InChI is InChI=1S/C15H15F3N4/c1-8-13(10-7-12(19)22(3)20-10)14-9(15(16,17)18)5-4-6-11(14)21(8)2/h4-7H,19H2,1-3H3. The van der Waals surface area contributed by atoms with Gasteiger partial charge in [0.2, 0.25) is 0 Å². The number of halogens is 3. The van der Waals surface area contributed by atoms with Gasteiger partial charge in [0.1, 0.15) is 5.82 Å². The smallest absolute Gasteiger partial charge is 0.384 e. The normalized spacial score (nSPS) is 12.3. The number of fused-ring (bicyclic) bond motifs is 1. The minimum Gasteiger partial charge on any atom is -0.384 e. The van der Waals surface area contributed by atoms with Crippen molar-refractivity contribution in [3.05, 3.63) is 35.5 Å². The van der Waals surface area contributed by atoms with E-state index in [-0.39, 0.29) is 5.39 Å². The van der Waals surface area contributed by atoms with Crippen LogP contribution >= 0.6 is 0 Å². The van der Waals surface area contributed by atoms with Gasteiger partial charge < -0.3 is 10.3 Å². The van der Waals surface area contributed by atoms with Crippen molar-refractivity contribution in [2.75, 3.05) is 5.73 Å². The van der Waals surface area contributed by atoms with Crippen molar-refractivity contribution in [1.29, 1.82) is 0 Å². The Labute approximate surface area is 124 Å². The summed E-state index contributed by atoms with van der Waals surface area (Å²) in [6.07, 6.45) is -4.43. The summed E-state index contributed by atoms with van der Waals surface area (Å²) in [5.74, 6) is 0.399. The molecule has 0 fully saturated rings. The molecule has 2 heterocycles. The lowest BCUT2D eigenvalue weighted by Crippen LogP contribution is -2.05. The Kier molecular flexibility index (Phi) is 2.98. The Morgan fingerprint density at radius 3 is 2.41 bits per heavy atom.